The molecule has 0 aliphatic carbocycles. The molecule has 4 nitrogen and oxygen atoms in total. The van der Waals surface area contributed by atoms with Crippen molar-refractivity contribution in [1.82, 2.24) is 4.98 Å². The zero-order chi connectivity index (χ0) is 19.4. The third-order valence-corrected chi connectivity index (χ3v) is 5.70. The second-order valence-electron chi connectivity index (χ2n) is 5.59. The molecule has 0 amide bonds. The Bertz CT molecular complexity index is 1110. The van der Waals surface area contributed by atoms with Gasteiger partial charge in [0.25, 0.3) is 5.24 Å². The smallest absolute Gasteiger partial charge is 0.255 e. The summed E-state index contributed by atoms with van der Waals surface area (Å²) in [7, 11) is -3.99. The topological polar surface area (TPSA) is 64.1 Å². The highest BCUT2D eigenvalue weighted by Gasteiger charge is 2.25. The molecule has 1 aromatic heterocycles. The molecule has 0 bridgehead atoms. The summed E-state index contributed by atoms with van der Waals surface area (Å²) in [6.45, 7) is 0. The van der Waals surface area contributed by atoms with E-state index >= 15 is 0 Å². The van der Waals surface area contributed by atoms with Crippen molar-refractivity contribution < 1.29 is 17.6 Å². The molecule has 7 heteroatoms. The van der Waals surface area contributed by atoms with Crippen LogP contribution in [0.2, 0.25) is 0 Å². The number of sulfone groups is 1. The van der Waals surface area contributed by atoms with Gasteiger partial charge in [-0.15, -0.1) is 0 Å². The number of pyridine rings is 1. The third kappa shape index (κ3) is 4.30. The quantitative estimate of drug-likeness (QED) is 0.463. The van der Waals surface area contributed by atoms with Gasteiger partial charge >= 0.3 is 0 Å². The summed E-state index contributed by atoms with van der Waals surface area (Å²) in [5.74, 6) is -0.314. The van der Waals surface area contributed by atoms with Crippen LogP contribution in [0, 0.1) is 5.82 Å². The van der Waals surface area contributed by atoms with Crippen LogP contribution in [-0.2, 0) is 9.84 Å². The lowest BCUT2D eigenvalue weighted by molar-refractivity contribution is 0.107. The summed E-state index contributed by atoms with van der Waals surface area (Å²) < 4.78 is 38.4. The molecule has 0 saturated carbocycles. The van der Waals surface area contributed by atoms with Gasteiger partial charge in [0.15, 0.2) is 5.03 Å². The van der Waals surface area contributed by atoms with Crippen LogP contribution in [0.15, 0.2) is 76.8 Å². The number of carbonyl (C=O) groups is 1. The minimum atomic E-state index is -3.99. The lowest BCUT2D eigenvalue weighted by atomic mass is 10.1. The summed E-state index contributed by atoms with van der Waals surface area (Å²) >= 11 is 5.46. The predicted molar refractivity (Wildman–Crippen MR) is 102 cm³/mol. The Morgan fingerprint density at radius 1 is 0.926 bits per heavy atom. The first-order chi connectivity index (χ1) is 12.9. The maximum atomic E-state index is 12.9. The number of nitrogens with zero attached hydrogens (tertiary/aromatic N) is 1. The Morgan fingerprint density at radius 2 is 1.48 bits per heavy atom. The largest absolute Gasteiger partial charge is 0.276 e. The van der Waals surface area contributed by atoms with Crippen molar-refractivity contribution in [3.63, 3.8) is 0 Å². The molecule has 0 unspecified atom stereocenters. The monoisotopic (exact) mass is 401 g/mol. The molecule has 3 rings (SSSR count). The van der Waals surface area contributed by atoms with Gasteiger partial charge in [-0.25, -0.2) is 17.8 Å². The second kappa shape index (κ2) is 7.82. The Balaban J connectivity index is 1.89. The molecule has 27 heavy (non-hydrogen) atoms. The lowest BCUT2D eigenvalue weighted by Gasteiger charge is -2.07. The molecule has 3 aromatic rings. The van der Waals surface area contributed by atoms with E-state index in [-0.39, 0.29) is 21.3 Å². The summed E-state index contributed by atoms with van der Waals surface area (Å²) in [6, 6.07) is 14.8. The van der Waals surface area contributed by atoms with E-state index in [4.69, 9.17) is 11.6 Å². The predicted octanol–water partition coefficient (Wildman–Crippen LogP) is 4.60. The molecule has 136 valence electrons. The van der Waals surface area contributed by atoms with Crippen LogP contribution in [0.5, 0.6) is 0 Å². The highest BCUT2D eigenvalue weighted by Crippen LogP contribution is 2.24. The Kier molecular flexibility index (Phi) is 5.48. The van der Waals surface area contributed by atoms with Crippen LogP contribution in [-0.4, -0.2) is 18.6 Å². The normalized spacial score (nSPS) is 11.6. The zero-order valence-electron chi connectivity index (χ0n) is 13.8. The maximum absolute atomic E-state index is 12.9. The van der Waals surface area contributed by atoms with E-state index in [0.717, 1.165) is 11.1 Å². The fourth-order valence-corrected chi connectivity index (χ4v) is 3.97. The van der Waals surface area contributed by atoms with Gasteiger partial charge in [0, 0.05) is 6.20 Å². The average Bonchev–Trinajstić information content (AvgIpc) is 2.68. The molecule has 0 radical (unpaired) electrons. The van der Waals surface area contributed by atoms with Crippen molar-refractivity contribution in [3.05, 3.63) is 89.4 Å². The first kappa shape index (κ1) is 18.9. The molecule has 0 spiro atoms. The van der Waals surface area contributed by atoms with E-state index < -0.39 is 15.1 Å². The van der Waals surface area contributed by atoms with Crippen molar-refractivity contribution in [2.24, 2.45) is 0 Å². The van der Waals surface area contributed by atoms with Crippen LogP contribution < -0.4 is 0 Å². The fraction of sp³-hybridized carbons (Fsp3) is 0. The minimum absolute atomic E-state index is 0.000649. The van der Waals surface area contributed by atoms with Gasteiger partial charge in [0.2, 0.25) is 9.84 Å². The van der Waals surface area contributed by atoms with E-state index in [1.807, 2.05) is 0 Å². The van der Waals surface area contributed by atoms with Gasteiger partial charge in [-0.05, 0) is 59.1 Å². The van der Waals surface area contributed by atoms with Gasteiger partial charge in [0.05, 0.1) is 10.5 Å². The average molecular weight is 402 g/mol. The molecule has 0 aliphatic rings. The highest BCUT2D eigenvalue weighted by atomic mass is 35.5. The molecule has 1 heterocycles. The van der Waals surface area contributed by atoms with Crippen LogP contribution in [0.1, 0.15) is 21.5 Å². The highest BCUT2D eigenvalue weighted by molar-refractivity contribution is 7.91. The Morgan fingerprint density at radius 3 is 2.04 bits per heavy atom. The standard InChI is InChI=1S/C20H13ClFNO3S/c21-19(24)18-2-1-13-23-20(18)27(25,26)17-11-7-15(8-12-17)4-3-14-5-9-16(22)10-6-14/h1-13H/b4-3+. The molecule has 0 N–H and O–H groups in total. The van der Waals surface area contributed by atoms with Gasteiger partial charge in [0.1, 0.15) is 5.82 Å². The van der Waals surface area contributed by atoms with Crippen molar-refractivity contribution in [1.29, 1.82) is 0 Å². The fourth-order valence-electron chi connectivity index (χ4n) is 2.39. The van der Waals surface area contributed by atoms with E-state index in [2.05, 4.69) is 4.98 Å². The van der Waals surface area contributed by atoms with Crippen molar-refractivity contribution in [2.45, 2.75) is 9.92 Å². The number of benzene rings is 2. The van der Waals surface area contributed by atoms with Gasteiger partial charge < -0.3 is 0 Å². The number of halogens is 2. The third-order valence-electron chi connectivity index (χ3n) is 3.77. The number of rotatable bonds is 5. The molecule has 0 fully saturated rings. The Hall–Kier alpha value is -2.83. The zero-order valence-corrected chi connectivity index (χ0v) is 15.4. The molecule has 0 aliphatic heterocycles. The van der Waals surface area contributed by atoms with Crippen molar-refractivity contribution in [3.8, 4) is 0 Å². The van der Waals surface area contributed by atoms with Crippen LogP contribution in [0.25, 0.3) is 12.2 Å². The first-order valence-corrected chi connectivity index (χ1v) is 9.68. The molecule has 0 atom stereocenters. The van der Waals surface area contributed by atoms with E-state index in [9.17, 15) is 17.6 Å². The van der Waals surface area contributed by atoms with Gasteiger partial charge in [-0.3, -0.25) is 4.79 Å². The number of hydrogen-bond donors (Lipinski definition) is 0. The number of hydrogen-bond acceptors (Lipinski definition) is 4. The van der Waals surface area contributed by atoms with Crippen LogP contribution >= 0.6 is 11.6 Å². The van der Waals surface area contributed by atoms with Crippen molar-refractivity contribution in [2.75, 3.05) is 0 Å². The van der Waals surface area contributed by atoms with Crippen LogP contribution in [0.3, 0.4) is 0 Å². The molecular weight excluding hydrogens is 389 g/mol. The van der Waals surface area contributed by atoms with E-state index in [1.165, 1.54) is 42.6 Å². The Labute approximate surface area is 160 Å². The van der Waals surface area contributed by atoms with Crippen LogP contribution in [0.4, 0.5) is 4.39 Å². The summed E-state index contributed by atoms with van der Waals surface area (Å²) in [4.78, 5) is 15.3. The van der Waals surface area contributed by atoms with Gasteiger partial charge in [-0.1, -0.05) is 36.4 Å². The maximum Gasteiger partial charge on any atom is 0.255 e. The van der Waals surface area contributed by atoms with Gasteiger partial charge in [-0.2, -0.15) is 0 Å². The molecule has 2 aromatic carbocycles. The molecular formula is C20H13ClFNO3S. The second-order valence-corrected chi connectivity index (χ2v) is 7.80. The number of aromatic nitrogens is 1. The lowest BCUT2D eigenvalue weighted by Crippen LogP contribution is -2.09. The summed E-state index contributed by atoms with van der Waals surface area (Å²) in [5, 5.41) is -1.26. The minimum Gasteiger partial charge on any atom is -0.276 e. The summed E-state index contributed by atoms with van der Waals surface area (Å²) in [6.07, 6.45) is 4.85. The summed E-state index contributed by atoms with van der Waals surface area (Å²) in [5.41, 5.74) is 1.40. The van der Waals surface area contributed by atoms with Crippen molar-refractivity contribution >= 4 is 38.8 Å². The van der Waals surface area contributed by atoms with E-state index in [1.54, 1.807) is 36.4 Å². The first-order valence-electron chi connectivity index (χ1n) is 7.81. The number of carbonyl (C=O) groups excluding carboxylic acids is 1. The molecule has 0 saturated heterocycles. The van der Waals surface area contributed by atoms with E-state index in [0.29, 0.717) is 0 Å². The SMILES string of the molecule is O=C(Cl)c1cccnc1S(=O)(=O)c1ccc(/C=C/c2ccc(F)cc2)cc1.